The summed E-state index contributed by atoms with van der Waals surface area (Å²) < 4.78 is 5.87. The predicted octanol–water partition coefficient (Wildman–Crippen LogP) is 0.302. The van der Waals surface area contributed by atoms with Crippen LogP contribution in [0.15, 0.2) is 18.2 Å². The number of rotatable bonds is 3. The van der Waals surface area contributed by atoms with E-state index in [1.54, 1.807) is 6.07 Å². The molecular weight excluding hydrogens is 226 g/mol. The Hall–Kier alpha value is -2.44. The van der Waals surface area contributed by atoms with Crippen LogP contribution in [0.2, 0.25) is 0 Å². The van der Waals surface area contributed by atoms with E-state index in [4.69, 9.17) is 5.11 Å². The smallest absolute Gasteiger partial charge is 0.335 e. The fraction of sp³-hybridized carbons (Fsp3) is 0.200. The second-order valence-corrected chi connectivity index (χ2v) is 3.33. The van der Waals surface area contributed by atoms with Gasteiger partial charge in [0.1, 0.15) is 12.1 Å². The first-order chi connectivity index (χ1) is 8.11. The SMILES string of the molecule is COC(=O)Cn1nnc2cc(C(=O)O)ccc21. The molecule has 0 saturated heterocycles. The van der Waals surface area contributed by atoms with Crippen LogP contribution in [0.1, 0.15) is 10.4 Å². The number of aromatic carboxylic acids is 1. The number of carbonyl (C=O) groups excluding carboxylic acids is 1. The third kappa shape index (κ3) is 2.07. The van der Waals surface area contributed by atoms with Crippen molar-refractivity contribution >= 4 is 23.0 Å². The summed E-state index contributed by atoms with van der Waals surface area (Å²) in [4.78, 5) is 21.8. The number of carbonyl (C=O) groups is 2. The highest BCUT2D eigenvalue weighted by Gasteiger charge is 2.11. The molecule has 0 amide bonds. The Morgan fingerprint density at radius 1 is 1.47 bits per heavy atom. The molecule has 0 atom stereocenters. The highest BCUT2D eigenvalue weighted by Crippen LogP contribution is 2.13. The summed E-state index contributed by atoms with van der Waals surface area (Å²) in [6.07, 6.45) is 0. The first kappa shape index (κ1) is 11.1. The molecule has 2 rings (SSSR count). The number of carboxylic acids is 1. The third-order valence-corrected chi connectivity index (χ3v) is 2.27. The first-order valence-corrected chi connectivity index (χ1v) is 4.75. The number of hydrogen-bond acceptors (Lipinski definition) is 5. The van der Waals surface area contributed by atoms with Crippen LogP contribution in [0.4, 0.5) is 0 Å². The van der Waals surface area contributed by atoms with Gasteiger partial charge in [-0.05, 0) is 18.2 Å². The molecule has 0 saturated carbocycles. The molecule has 0 unspecified atom stereocenters. The van der Waals surface area contributed by atoms with Gasteiger partial charge in [-0.1, -0.05) is 5.21 Å². The maximum atomic E-state index is 11.1. The van der Waals surface area contributed by atoms with Crippen LogP contribution in [0.3, 0.4) is 0 Å². The van der Waals surface area contributed by atoms with E-state index in [0.29, 0.717) is 11.0 Å². The van der Waals surface area contributed by atoms with Crippen molar-refractivity contribution in [3.63, 3.8) is 0 Å². The van der Waals surface area contributed by atoms with Crippen molar-refractivity contribution in [3.05, 3.63) is 23.8 Å². The predicted molar refractivity (Wildman–Crippen MR) is 56.5 cm³/mol. The number of benzene rings is 1. The molecule has 0 bridgehead atoms. The van der Waals surface area contributed by atoms with Crippen molar-refractivity contribution in [2.75, 3.05) is 7.11 Å². The Balaban J connectivity index is 2.41. The molecule has 0 fully saturated rings. The molecular formula is C10H9N3O4. The number of nitrogens with zero attached hydrogens (tertiary/aromatic N) is 3. The second-order valence-electron chi connectivity index (χ2n) is 3.33. The molecule has 88 valence electrons. The Labute approximate surface area is 95.6 Å². The monoisotopic (exact) mass is 235 g/mol. The van der Waals surface area contributed by atoms with Crippen molar-refractivity contribution in [2.45, 2.75) is 6.54 Å². The molecule has 1 aromatic heterocycles. The number of methoxy groups -OCH3 is 1. The minimum atomic E-state index is -1.03. The van der Waals surface area contributed by atoms with Crippen molar-refractivity contribution in [3.8, 4) is 0 Å². The van der Waals surface area contributed by atoms with E-state index in [1.807, 2.05) is 0 Å². The minimum Gasteiger partial charge on any atom is -0.478 e. The summed E-state index contributed by atoms with van der Waals surface area (Å²) in [6.45, 7) is -0.0561. The Morgan fingerprint density at radius 3 is 2.88 bits per heavy atom. The van der Waals surface area contributed by atoms with E-state index in [9.17, 15) is 9.59 Å². The molecule has 0 spiro atoms. The first-order valence-electron chi connectivity index (χ1n) is 4.75. The van der Waals surface area contributed by atoms with Gasteiger partial charge in [-0.2, -0.15) is 0 Å². The maximum absolute atomic E-state index is 11.1. The molecule has 17 heavy (non-hydrogen) atoms. The zero-order chi connectivity index (χ0) is 12.4. The maximum Gasteiger partial charge on any atom is 0.335 e. The van der Waals surface area contributed by atoms with E-state index in [2.05, 4.69) is 15.0 Å². The molecule has 1 N–H and O–H groups in total. The van der Waals surface area contributed by atoms with Crippen molar-refractivity contribution < 1.29 is 19.4 Å². The van der Waals surface area contributed by atoms with Crippen LogP contribution in [0, 0.1) is 0 Å². The summed E-state index contributed by atoms with van der Waals surface area (Å²) in [5.74, 6) is -1.48. The number of ether oxygens (including phenoxy) is 1. The van der Waals surface area contributed by atoms with Crippen molar-refractivity contribution in [1.29, 1.82) is 0 Å². The van der Waals surface area contributed by atoms with Crippen molar-refractivity contribution in [2.24, 2.45) is 0 Å². The summed E-state index contributed by atoms with van der Waals surface area (Å²) >= 11 is 0. The fourth-order valence-corrected chi connectivity index (χ4v) is 1.41. The Kier molecular flexibility index (Phi) is 2.73. The molecule has 7 nitrogen and oxygen atoms in total. The summed E-state index contributed by atoms with van der Waals surface area (Å²) in [5, 5.41) is 16.4. The topological polar surface area (TPSA) is 94.3 Å². The Bertz CT molecular complexity index is 590. The van der Waals surface area contributed by atoms with Gasteiger partial charge in [0.25, 0.3) is 0 Å². The molecule has 2 aromatic rings. The van der Waals surface area contributed by atoms with Gasteiger partial charge in [-0.25, -0.2) is 9.48 Å². The van der Waals surface area contributed by atoms with E-state index in [1.165, 1.54) is 23.9 Å². The van der Waals surface area contributed by atoms with Crippen LogP contribution in [-0.2, 0) is 16.1 Å². The van der Waals surface area contributed by atoms with Gasteiger partial charge in [-0.15, -0.1) is 5.10 Å². The number of aromatic nitrogens is 3. The van der Waals surface area contributed by atoms with Gasteiger partial charge in [-0.3, -0.25) is 4.79 Å². The standard InChI is InChI=1S/C10H9N3O4/c1-17-9(14)5-13-8-3-2-6(10(15)16)4-7(8)11-12-13/h2-4H,5H2,1H3,(H,15,16). The lowest BCUT2D eigenvalue weighted by Crippen LogP contribution is -2.12. The highest BCUT2D eigenvalue weighted by atomic mass is 16.5. The number of carboxylic acid groups (broad SMARTS) is 1. The van der Waals surface area contributed by atoms with Gasteiger partial charge in [0, 0.05) is 0 Å². The summed E-state index contributed by atoms with van der Waals surface area (Å²) in [5.41, 5.74) is 1.14. The minimum absolute atomic E-state index is 0.0561. The van der Waals surface area contributed by atoms with Crippen molar-refractivity contribution in [1.82, 2.24) is 15.0 Å². The largest absolute Gasteiger partial charge is 0.478 e. The van der Waals surface area contributed by atoms with E-state index >= 15 is 0 Å². The van der Waals surface area contributed by atoms with Crippen LogP contribution >= 0.6 is 0 Å². The average Bonchev–Trinajstić information content (AvgIpc) is 2.71. The zero-order valence-corrected chi connectivity index (χ0v) is 8.95. The molecule has 0 aliphatic rings. The number of fused-ring (bicyclic) bond motifs is 1. The fourth-order valence-electron chi connectivity index (χ4n) is 1.41. The van der Waals surface area contributed by atoms with Gasteiger partial charge < -0.3 is 9.84 Å². The third-order valence-electron chi connectivity index (χ3n) is 2.27. The van der Waals surface area contributed by atoms with Gasteiger partial charge >= 0.3 is 11.9 Å². The average molecular weight is 235 g/mol. The van der Waals surface area contributed by atoms with E-state index < -0.39 is 11.9 Å². The summed E-state index contributed by atoms with van der Waals surface area (Å²) in [7, 11) is 1.28. The lowest BCUT2D eigenvalue weighted by molar-refractivity contribution is -0.141. The lowest BCUT2D eigenvalue weighted by Gasteiger charge is -2.00. The normalized spacial score (nSPS) is 10.4. The molecule has 0 aliphatic heterocycles. The van der Waals surface area contributed by atoms with Gasteiger partial charge in [0.05, 0.1) is 18.2 Å². The molecule has 1 aromatic carbocycles. The van der Waals surface area contributed by atoms with Gasteiger partial charge in [0.15, 0.2) is 0 Å². The number of hydrogen-bond donors (Lipinski definition) is 1. The molecule has 0 aliphatic carbocycles. The van der Waals surface area contributed by atoms with Crippen LogP contribution in [0.5, 0.6) is 0 Å². The van der Waals surface area contributed by atoms with Crippen LogP contribution in [-0.4, -0.2) is 39.1 Å². The van der Waals surface area contributed by atoms with E-state index in [-0.39, 0.29) is 12.1 Å². The zero-order valence-electron chi connectivity index (χ0n) is 8.95. The number of esters is 1. The molecule has 0 radical (unpaired) electrons. The quantitative estimate of drug-likeness (QED) is 0.769. The lowest BCUT2D eigenvalue weighted by atomic mass is 10.2. The summed E-state index contributed by atoms with van der Waals surface area (Å²) in [6, 6.07) is 4.39. The second kappa shape index (κ2) is 4.20. The molecule has 1 heterocycles. The van der Waals surface area contributed by atoms with Crippen LogP contribution in [0.25, 0.3) is 11.0 Å². The highest BCUT2D eigenvalue weighted by molar-refractivity contribution is 5.92. The van der Waals surface area contributed by atoms with E-state index in [0.717, 1.165) is 0 Å². The van der Waals surface area contributed by atoms with Gasteiger partial charge in [0.2, 0.25) is 0 Å². The Morgan fingerprint density at radius 2 is 2.24 bits per heavy atom. The molecule has 7 heteroatoms. The van der Waals surface area contributed by atoms with Crippen LogP contribution < -0.4 is 0 Å².